The molecule has 3 aliphatic rings. The minimum Gasteiger partial charge on any atom is -0.373 e. The second-order valence-corrected chi connectivity index (χ2v) is 6.28. The van der Waals surface area contributed by atoms with Crippen molar-refractivity contribution >= 4 is 17.3 Å². The summed E-state index contributed by atoms with van der Waals surface area (Å²) < 4.78 is 5.76. The predicted octanol–water partition coefficient (Wildman–Crippen LogP) is 2.49. The number of ether oxygens (including phenoxy) is 1. The van der Waals surface area contributed by atoms with Crippen LogP contribution in [0.2, 0.25) is 0 Å². The largest absolute Gasteiger partial charge is 0.373 e. The van der Waals surface area contributed by atoms with Gasteiger partial charge < -0.3 is 4.74 Å². The van der Waals surface area contributed by atoms with Gasteiger partial charge in [0.2, 0.25) is 0 Å². The molecule has 0 radical (unpaired) electrons. The topological polar surface area (TPSA) is 55.7 Å². The summed E-state index contributed by atoms with van der Waals surface area (Å²) in [7, 11) is 0. The van der Waals surface area contributed by atoms with Crippen molar-refractivity contribution in [1.82, 2.24) is 0 Å². The number of hydrogen-bond donors (Lipinski definition) is 0. The van der Waals surface area contributed by atoms with Gasteiger partial charge in [-0.3, -0.25) is 14.6 Å². The highest BCUT2D eigenvalue weighted by Gasteiger charge is 2.63. The number of Topliss-reactive ketones (excluding diaryl/α,β-unsaturated/α-hetero) is 2. The molecule has 0 aromatic heterocycles. The second kappa shape index (κ2) is 5.02. The SMILES string of the molecule is C=C(C)N=C(/C(C)=C\C)C1C(=O)[C@@H]2C3CCC(O3)[C@@H]2C1=O. The Labute approximate surface area is 125 Å². The molecule has 0 aromatic carbocycles. The van der Waals surface area contributed by atoms with E-state index < -0.39 is 5.92 Å². The van der Waals surface area contributed by atoms with E-state index in [2.05, 4.69) is 11.6 Å². The first kappa shape index (κ1) is 14.4. The highest BCUT2D eigenvalue weighted by molar-refractivity contribution is 6.30. The van der Waals surface area contributed by atoms with Gasteiger partial charge in [-0.2, -0.15) is 0 Å². The van der Waals surface area contributed by atoms with Gasteiger partial charge >= 0.3 is 0 Å². The lowest BCUT2D eigenvalue weighted by Gasteiger charge is -2.16. The van der Waals surface area contributed by atoms with E-state index in [0.717, 1.165) is 18.4 Å². The molecule has 2 bridgehead atoms. The van der Waals surface area contributed by atoms with Gasteiger partial charge in [0, 0.05) is 5.70 Å². The number of hydrogen-bond acceptors (Lipinski definition) is 4. The standard InChI is InChI=1S/C17H21NO3/c1-5-9(4)15(18-8(2)3)14-16(19)12-10-6-7-11(21-10)13(12)17(14)20/h5,10-14H,2,6-7H2,1,3-4H3/b9-5-,18-15?/t10?,11?,12-,13+,14?. The molecule has 0 N–H and O–H groups in total. The molecule has 112 valence electrons. The monoisotopic (exact) mass is 287 g/mol. The number of ketones is 2. The van der Waals surface area contributed by atoms with Crippen molar-refractivity contribution in [3.05, 3.63) is 23.9 Å². The zero-order valence-electron chi connectivity index (χ0n) is 12.8. The fraction of sp³-hybridized carbons (Fsp3) is 0.588. The van der Waals surface area contributed by atoms with Crippen LogP contribution in [0.4, 0.5) is 0 Å². The Morgan fingerprint density at radius 1 is 1.19 bits per heavy atom. The number of fused-ring (bicyclic) bond motifs is 5. The lowest BCUT2D eigenvalue weighted by atomic mass is 9.81. The van der Waals surface area contributed by atoms with Gasteiger partial charge in [0.25, 0.3) is 0 Å². The molecule has 3 unspecified atom stereocenters. The smallest absolute Gasteiger partial charge is 0.155 e. The van der Waals surface area contributed by atoms with Crippen molar-refractivity contribution in [2.24, 2.45) is 22.7 Å². The van der Waals surface area contributed by atoms with Crippen LogP contribution in [0.25, 0.3) is 0 Å². The zero-order valence-corrected chi connectivity index (χ0v) is 12.8. The van der Waals surface area contributed by atoms with E-state index in [9.17, 15) is 9.59 Å². The Bertz CT molecular complexity index is 559. The molecule has 0 amide bonds. The molecule has 3 rings (SSSR count). The van der Waals surface area contributed by atoms with Crippen LogP contribution in [0.1, 0.15) is 33.6 Å². The molecule has 0 aromatic rings. The molecule has 4 heteroatoms. The van der Waals surface area contributed by atoms with E-state index >= 15 is 0 Å². The van der Waals surface area contributed by atoms with Crippen LogP contribution in [0.5, 0.6) is 0 Å². The molecule has 2 saturated heterocycles. The molecular weight excluding hydrogens is 266 g/mol. The molecule has 2 aliphatic heterocycles. The summed E-state index contributed by atoms with van der Waals surface area (Å²) in [5, 5.41) is 0. The first-order valence-electron chi connectivity index (χ1n) is 7.56. The van der Waals surface area contributed by atoms with E-state index in [1.54, 1.807) is 6.92 Å². The van der Waals surface area contributed by atoms with Crippen molar-refractivity contribution < 1.29 is 14.3 Å². The maximum Gasteiger partial charge on any atom is 0.155 e. The van der Waals surface area contributed by atoms with E-state index in [4.69, 9.17) is 4.74 Å². The Hall–Kier alpha value is -1.55. The average Bonchev–Trinajstić information content (AvgIpc) is 3.10. The summed E-state index contributed by atoms with van der Waals surface area (Å²) in [5.74, 6) is -1.22. The number of aliphatic imine (C=N–C) groups is 1. The van der Waals surface area contributed by atoms with Gasteiger partial charge in [0.05, 0.1) is 29.8 Å². The van der Waals surface area contributed by atoms with Crippen molar-refractivity contribution in [3.63, 3.8) is 0 Å². The first-order valence-corrected chi connectivity index (χ1v) is 7.56. The maximum atomic E-state index is 12.8. The minimum absolute atomic E-state index is 0.00148. The van der Waals surface area contributed by atoms with Crippen molar-refractivity contribution in [2.45, 2.75) is 45.8 Å². The third-order valence-electron chi connectivity index (χ3n) is 4.92. The number of nitrogens with zero attached hydrogens (tertiary/aromatic N) is 1. The Morgan fingerprint density at radius 3 is 2.14 bits per heavy atom. The van der Waals surface area contributed by atoms with Crippen LogP contribution < -0.4 is 0 Å². The number of carbonyl (C=O) groups is 2. The van der Waals surface area contributed by atoms with Crippen LogP contribution in [0.3, 0.4) is 0 Å². The summed E-state index contributed by atoms with van der Waals surface area (Å²) in [5.41, 5.74) is 2.06. The Kier molecular flexibility index (Phi) is 3.44. The molecule has 4 nitrogen and oxygen atoms in total. The van der Waals surface area contributed by atoms with E-state index in [1.807, 2.05) is 19.9 Å². The molecule has 21 heavy (non-hydrogen) atoms. The summed E-state index contributed by atoms with van der Waals surface area (Å²) in [6, 6.07) is 0. The highest BCUT2D eigenvalue weighted by atomic mass is 16.5. The van der Waals surface area contributed by atoms with Gasteiger partial charge in [0.15, 0.2) is 11.6 Å². The molecule has 2 heterocycles. The molecule has 0 spiro atoms. The lowest BCUT2D eigenvalue weighted by Crippen LogP contribution is -2.31. The van der Waals surface area contributed by atoms with Crippen LogP contribution >= 0.6 is 0 Å². The number of carbonyl (C=O) groups excluding carboxylic acids is 2. The first-order chi connectivity index (χ1) is 9.95. The van der Waals surface area contributed by atoms with Crippen LogP contribution in [0.15, 0.2) is 28.9 Å². The third-order valence-corrected chi connectivity index (χ3v) is 4.92. The van der Waals surface area contributed by atoms with E-state index in [-0.39, 0.29) is 35.6 Å². The van der Waals surface area contributed by atoms with Gasteiger partial charge in [-0.25, -0.2) is 0 Å². The van der Waals surface area contributed by atoms with Crippen molar-refractivity contribution in [2.75, 3.05) is 0 Å². The fourth-order valence-electron chi connectivity index (χ4n) is 3.93. The molecular formula is C17H21NO3. The third kappa shape index (κ3) is 2.04. The second-order valence-electron chi connectivity index (χ2n) is 6.28. The quantitative estimate of drug-likeness (QED) is 0.592. The van der Waals surface area contributed by atoms with Crippen molar-refractivity contribution in [1.29, 1.82) is 0 Å². The van der Waals surface area contributed by atoms with E-state index in [1.165, 1.54) is 0 Å². The van der Waals surface area contributed by atoms with Crippen LogP contribution in [0, 0.1) is 17.8 Å². The summed E-state index contributed by atoms with van der Waals surface area (Å²) in [4.78, 5) is 30.0. The summed E-state index contributed by atoms with van der Waals surface area (Å²) >= 11 is 0. The normalized spacial score (nSPS) is 39.1. The predicted molar refractivity (Wildman–Crippen MR) is 80.1 cm³/mol. The molecule has 1 aliphatic carbocycles. The minimum atomic E-state index is -0.722. The average molecular weight is 287 g/mol. The Morgan fingerprint density at radius 2 is 1.71 bits per heavy atom. The molecule has 1 saturated carbocycles. The van der Waals surface area contributed by atoms with Gasteiger partial charge in [0.1, 0.15) is 5.92 Å². The van der Waals surface area contributed by atoms with Crippen molar-refractivity contribution in [3.8, 4) is 0 Å². The number of allylic oxidation sites excluding steroid dienone is 3. The summed E-state index contributed by atoms with van der Waals surface area (Å²) in [6.45, 7) is 9.34. The zero-order chi connectivity index (χ0) is 15.3. The van der Waals surface area contributed by atoms with Gasteiger partial charge in [-0.1, -0.05) is 12.7 Å². The van der Waals surface area contributed by atoms with Crippen LogP contribution in [-0.4, -0.2) is 29.5 Å². The van der Waals surface area contributed by atoms with E-state index in [0.29, 0.717) is 11.4 Å². The maximum absolute atomic E-state index is 12.8. The van der Waals surface area contributed by atoms with Crippen LogP contribution in [-0.2, 0) is 14.3 Å². The molecule has 5 atom stereocenters. The lowest BCUT2D eigenvalue weighted by molar-refractivity contribution is -0.128. The molecule has 3 fully saturated rings. The Balaban J connectivity index is 2.01. The van der Waals surface area contributed by atoms with Gasteiger partial charge in [-0.15, -0.1) is 0 Å². The van der Waals surface area contributed by atoms with Gasteiger partial charge in [-0.05, 0) is 39.2 Å². The summed E-state index contributed by atoms with van der Waals surface area (Å²) in [6.07, 6.45) is 3.57. The highest BCUT2D eigenvalue weighted by Crippen LogP contribution is 2.50. The fourth-order valence-corrected chi connectivity index (χ4v) is 3.93. The number of rotatable bonds is 3.